The standard InChI is InChI=1S/C11H17N3OS/c1-5-6-12-10(16)13-9-7-8(15-14-9)11(2,3)4/h5,7H,1,6H2,2-4H3,(H2,12,13,14,16). The van der Waals surface area contributed by atoms with Gasteiger partial charge in [0.2, 0.25) is 0 Å². The molecule has 1 rings (SSSR count). The molecule has 0 spiro atoms. The summed E-state index contributed by atoms with van der Waals surface area (Å²) in [6, 6.07) is 1.85. The summed E-state index contributed by atoms with van der Waals surface area (Å²) >= 11 is 5.05. The van der Waals surface area contributed by atoms with E-state index in [1.54, 1.807) is 6.08 Å². The van der Waals surface area contributed by atoms with Crippen molar-refractivity contribution in [2.45, 2.75) is 26.2 Å². The monoisotopic (exact) mass is 239 g/mol. The van der Waals surface area contributed by atoms with Crippen LogP contribution in [0.25, 0.3) is 0 Å². The number of thiocarbonyl (C=S) groups is 1. The van der Waals surface area contributed by atoms with Crippen LogP contribution >= 0.6 is 12.2 Å². The number of nitrogens with zero attached hydrogens (tertiary/aromatic N) is 1. The highest BCUT2D eigenvalue weighted by Gasteiger charge is 2.19. The Morgan fingerprint density at radius 3 is 2.81 bits per heavy atom. The fraction of sp³-hybridized carbons (Fsp3) is 0.455. The Morgan fingerprint density at radius 1 is 1.62 bits per heavy atom. The van der Waals surface area contributed by atoms with E-state index in [4.69, 9.17) is 16.7 Å². The molecule has 1 aromatic heterocycles. The van der Waals surface area contributed by atoms with Gasteiger partial charge in [0, 0.05) is 18.0 Å². The highest BCUT2D eigenvalue weighted by Crippen LogP contribution is 2.24. The van der Waals surface area contributed by atoms with Crippen LogP contribution in [0.5, 0.6) is 0 Å². The summed E-state index contributed by atoms with van der Waals surface area (Å²) in [6.45, 7) is 10.4. The first-order chi connectivity index (χ1) is 7.43. The van der Waals surface area contributed by atoms with Crippen molar-refractivity contribution in [1.29, 1.82) is 0 Å². The molecule has 5 heteroatoms. The molecule has 2 N–H and O–H groups in total. The van der Waals surface area contributed by atoms with E-state index in [2.05, 4.69) is 43.1 Å². The highest BCUT2D eigenvalue weighted by atomic mass is 32.1. The molecule has 0 aliphatic carbocycles. The zero-order valence-electron chi connectivity index (χ0n) is 9.83. The lowest BCUT2D eigenvalue weighted by Gasteiger charge is -2.12. The maximum atomic E-state index is 5.21. The molecular weight excluding hydrogens is 222 g/mol. The largest absolute Gasteiger partial charge is 0.359 e. The van der Waals surface area contributed by atoms with Crippen LogP contribution in [0.15, 0.2) is 23.2 Å². The van der Waals surface area contributed by atoms with Crippen LogP contribution in [0.2, 0.25) is 0 Å². The van der Waals surface area contributed by atoms with E-state index in [0.29, 0.717) is 17.5 Å². The SMILES string of the molecule is C=CCNC(=S)Nc1cc(C(C)(C)C)on1. The first-order valence-electron chi connectivity index (χ1n) is 5.06. The number of rotatable bonds is 3. The molecule has 1 heterocycles. The molecule has 0 aromatic carbocycles. The van der Waals surface area contributed by atoms with Crippen molar-refractivity contribution in [1.82, 2.24) is 10.5 Å². The zero-order valence-corrected chi connectivity index (χ0v) is 10.6. The molecule has 0 aliphatic heterocycles. The minimum absolute atomic E-state index is 0.0525. The van der Waals surface area contributed by atoms with Crippen LogP contribution in [0, 0.1) is 0 Å². The number of hydrogen-bond acceptors (Lipinski definition) is 3. The summed E-state index contributed by atoms with van der Waals surface area (Å²) in [5.74, 6) is 1.44. The summed E-state index contributed by atoms with van der Waals surface area (Å²) in [6.07, 6.45) is 1.73. The van der Waals surface area contributed by atoms with Crippen LogP contribution in [0.3, 0.4) is 0 Å². The molecule has 0 atom stereocenters. The molecule has 1 aromatic rings. The van der Waals surface area contributed by atoms with E-state index in [-0.39, 0.29) is 5.41 Å². The molecule has 0 bridgehead atoms. The van der Waals surface area contributed by atoms with Crippen molar-refractivity contribution in [2.24, 2.45) is 0 Å². The van der Waals surface area contributed by atoms with Crippen molar-refractivity contribution < 1.29 is 4.52 Å². The molecule has 0 unspecified atom stereocenters. The van der Waals surface area contributed by atoms with Crippen LogP contribution in [0.1, 0.15) is 26.5 Å². The minimum Gasteiger partial charge on any atom is -0.359 e. The Labute approximate surface area is 101 Å². The fourth-order valence-electron chi connectivity index (χ4n) is 1.01. The van der Waals surface area contributed by atoms with Gasteiger partial charge in [-0.25, -0.2) is 0 Å². The third-order valence-corrected chi connectivity index (χ3v) is 2.14. The van der Waals surface area contributed by atoms with Crippen LogP contribution < -0.4 is 10.6 Å². The number of hydrogen-bond donors (Lipinski definition) is 2. The summed E-state index contributed by atoms with van der Waals surface area (Å²) in [5.41, 5.74) is -0.0525. The number of anilines is 1. The lowest BCUT2D eigenvalue weighted by molar-refractivity contribution is 0.331. The van der Waals surface area contributed by atoms with E-state index < -0.39 is 0 Å². The Morgan fingerprint density at radius 2 is 2.31 bits per heavy atom. The number of nitrogens with one attached hydrogen (secondary N) is 2. The summed E-state index contributed by atoms with van der Waals surface area (Å²) in [4.78, 5) is 0. The van der Waals surface area contributed by atoms with Crippen LogP contribution in [-0.4, -0.2) is 16.8 Å². The average molecular weight is 239 g/mol. The lowest BCUT2D eigenvalue weighted by atomic mass is 9.93. The molecule has 0 saturated carbocycles. The van der Waals surface area contributed by atoms with E-state index in [0.717, 1.165) is 5.76 Å². The molecular formula is C11H17N3OS. The quantitative estimate of drug-likeness (QED) is 0.627. The Bertz CT molecular complexity index is 379. The smallest absolute Gasteiger partial charge is 0.175 e. The van der Waals surface area contributed by atoms with Gasteiger partial charge in [0.1, 0.15) is 5.76 Å². The highest BCUT2D eigenvalue weighted by molar-refractivity contribution is 7.80. The van der Waals surface area contributed by atoms with Gasteiger partial charge >= 0.3 is 0 Å². The van der Waals surface area contributed by atoms with Gasteiger partial charge in [-0.2, -0.15) is 0 Å². The van der Waals surface area contributed by atoms with Gasteiger partial charge in [-0.3, -0.25) is 0 Å². The van der Waals surface area contributed by atoms with Gasteiger partial charge in [0.05, 0.1) is 0 Å². The van der Waals surface area contributed by atoms with E-state index >= 15 is 0 Å². The first-order valence-corrected chi connectivity index (χ1v) is 5.47. The lowest BCUT2D eigenvalue weighted by Crippen LogP contribution is -2.28. The molecule has 0 amide bonds. The van der Waals surface area contributed by atoms with E-state index in [1.165, 1.54) is 0 Å². The van der Waals surface area contributed by atoms with Crippen molar-refractivity contribution in [3.05, 3.63) is 24.5 Å². The Hall–Kier alpha value is -1.36. The van der Waals surface area contributed by atoms with Crippen LogP contribution in [0.4, 0.5) is 5.82 Å². The molecule has 0 fully saturated rings. The predicted octanol–water partition coefficient (Wildman–Crippen LogP) is 2.44. The maximum absolute atomic E-state index is 5.21. The topological polar surface area (TPSA) is 50.1 Å². The average Bonchev–Trinajstić information content (AvgIpc) is 2.62. The van der Waals surface area contributed by atoms with Gasteiger partial charge in [-0.1, -0.05) is 32.0 Å². The first kappa shape index (κ1) is 12.7. The second-order valence-electron chi connectivity index (χ2n) is 4.45. The second-order valence-corrected chi connectivity index (χ2v) is 4.86. The Kier molecular flexibility index (Phi) is 4.06. The maximum Gasteiger partial charge on any atom is 0.175 e. The zero-order chi connectivity index (χ0) is 12.2. The van der Waals surface area contributed by atoms with Crippen LogP contribution in [-0.2, 0) is 5.41 Å². The fourth-order valence-corrected chi connectivity index (χ4v) is 1.20. The van der Waals surface area contributed by atoms with E-state index in [1.807, 2.05) is 6.07 Å². The third-order valence-electron chi connectivity index (χ3n) is 1.90. The molecule has 4 nitrogen and oxygen atoms in total. The van der Waals surface area contributed by atoms with Crippen molar-refractivity contribution in [3.8, 4) is 0 Å². The molecule has 0 radical (unpaired) electrons. The van der Waals surface area contributed by atoms with Gasteiger partial charge in [0.15, 0.2) is 10.9 Å². The van der Waals surface area contributed by atoms with Gasteiger partial charge in [-0.15, -0.1) is 6.58 Å². The molecule has 0 aliphatic rings. The van der Waals surface area contributed by atoms with Crippen molar-refractivity contribution >= 4 is 23.1 Å². The second kappa shape index (κ2) is 5.12. The molecule has 16 heavy (non-hydrogen) atoms. The third kappa shape index (κ3) is 3.66. The summed E-state index contributed by atoms with van der Waals surface area (Å²) in [5, 5.41) is 10.3. The molecule has 88 valence electrons. The molecule has 0 saturated heterocycles. The number of aromatic nitrogens is 1. The summed E-state index contributed by atoms with van der Waals surface area (Å²) in [7, 11) is 0. The minimum atomic E-state index is -0.0525. The van der Waals surface area contributed by atoms with Gasteiger partial charge in [0.25, 0.3) is 0 Å². The van der Waals surface area contributed by atoms with Gasteiger partial charge < -0.3 is 15.2 Å². The van der Waals surface area contributed by atoms with Crippen molar-refractivity contribution in [3.63, 3.8) is 0 Å². The predicted molar refractivity (Wildman–Crippen MR) is 69.6 cm³/mol. The normalized spacial score (nSPS) is 10.9. The van der Waals surface area contributed by atoms with E-state index in [9.17, 15) is 0 Å². The van der Waals surface area contributed by atoms with Gasteiger partial charge in [-0.05, 0) is 12.2 Å². The Balaban J connectivity index is 2.59. The summed E-state index contributed by atoms with van der Waals surface area (Å²) < 4.78 is 5.21. The van der Waals surface area contributed by atoms with Crippen molar-refractivity contribution in [2.75, 3.05) is 11.9 Å².